The summed E-state index contributed by atoms with van der Waals surface area (Å²) in [6, 6.07) is 23.9. The maximum atomic E-state index is 13.4. The minimum atomic E-state index is -0.666. The number of carbonyl (C=O) groups excluding carboxylic acids is 2. The molecule has 0 saturated carbocycles. The molecule has 0 heterocycles. The van der Waals surface area contributed by atoms with E-state index in [4.69, 9.17) is 9.47 Å². The summed E-state index contributed by atoms with van der Waals surface area (Å²) in [7, 11) is 1.63. The van der Waals surface area contributed by atoms with Crippen LogP contribution in [-0.4, -0.2) is 44.2 Å². The highest BCUT2D eigenvalue weighted by molar-refractivity contribution is 5.97. The lowest BCUT2D eigenvalue weighted by atomic mass is 10.0. The summed E-state index contributed by atoms with van der Waals surface area (Å²) in [6.07, 6.45) is 0.521. The second-order valence-electron chi connectivity index (χ2n) is 9.84. The van der Waals surface area contributed by atoms with Crippen LogP contribution in [0.5, 0.6) is 5.75 Å². The van der Waals surface area contributed by atoms with Crippen molar-refractivity contribution in [2.24, 2.45) is 5.92 Å². The van der Waals surface area contributed by atoms with Crippen LogP contribution in [0.1, 0.15) is 41.8 Å². The first kappa shape index (κ1) is 28.7. The molecule has 7 heteroatoms. The van der Waals surface area contributed by atoms with Gasteiger partial charge >= 0.3 is 0 Å². The average Bonchev–Trinajstić information content (AvgIpc) is 2.91. The van der Waals surface area contributed by atoms with E-state index in [2.05, 4.69) is 16.0 Å². The van der Waals surface area contributed by atoms with Crippen molar-refractivity contribution in [2.45, 2.75) is 45.9 Å². The molecule has 2 atom stereocenters. The molecule has 3 rings (SSSR count). The Labute approximate surface area is 225 Å². The Morgan fingerprint density at radius 3 is 2.29 bits per heavy atom. The number of benzene rings is 3. The number of aryl methyl sites for hydroxylation is 1. The standard InChI is InChI=1S/C31H39N3O4/c1-22(2)17-29(34-30(35)25-12-8-9-23(3)18-25)31(36)33-27(21-38-20-24-10-6-5-7-11-24)19-32-26-13-15-28(37-4)16-14-26/h5-16,18,22,27,29,32H,17,19-21H2,1-4H3,(H,33,36)(H,34,35)/t27-,29?/m0/s1. The number of anilines is 1. The summed E-state index contributed by atoms with van der Waals surface area (Å²) in [6.45, 7) is 7.20. The average molecular weight is 518 g/mol. The second-order valence-corrected chi connectivity index (χ2v) is 9.84. The topological polar surface area (TPSA) is 88.7 Å². The Bertz CT molecular complexity index is 1150. The quantitative estimate of drug-likeness (QED) is 0.281. The zero-order valence-electron chi connectivity index (χ0n) is 22.7. The number of carbonyl (C=O) groups is 2. The van der Waals surface area contributed by atoms with E-state index < -0.39 is 6.04 Å². The number of hydrogen-bond acceptors (Lipinski definition) is 5. The van der Waals surface area contributed by atoms with Crippen molar-refractivity contribution >= 4 is 17.5 Å². The molecular formula is C31H39N3O4. The fourth-order valence-corrected chi connectivity index (χ4v) is 4.03. The summed E-state index contributed by atoms with van der Waals surface area (Å²) < 4.78 is 11.2. The first-order valence-corrected chi connectivity index (χ1v) is 13.0. The first-order valence-electron chi connectivity index (χ1n) is 13.0. The molecule has 0 saturated heterocycles. The summed E-state index contributed by atoms with van der Waals surface area (Å²) in [5.74, 6) is 0.494. The van der Waals surface area contributed by atoms with E-state index >= 15 is 0 Å². The Hall–Kier alpha value is -3.84. The number of nitrogens with one attached hydrogen (secondary N) is 3. The maximum absolute atomic E-state index is 13.4. The van der Waals surface area contributed by atoms with E-state index in [1.807, 2.05) is 93.6 Å². The van der Waals surface area contributed by atoms with Crippen LogP contribution in [0.15, 0.2) is 78.9 Å². The molecule has 202 valence electrons. The molecule has 0 aliphatic carbocycles. The molecule has 3 aromatic rings. The van der Waals surface area contributed by atoms with Gasteiger partial charge < -0.3 is 25.4 Å². The third kappa shape index (κ3) is 9.56. The van der Waals surface area contributed by atoms with E-state index in [-0.39, 0.29) is 23.8 Å². The predicted octanol–water partition coefficient (Wildman–Crippen LogP) is 4.96. The number of rotatable bonds is 14. The van der Waals surface area contributed by atoms with Gasteiger partial charge in [0.2, 0.25) is 5.91 Å². The van der Waals surface area contributed by atoms with Gasteiger partial charge in [-0.25, -0.2) is 0 Å². The number of hydrogen-bond donors (Lipinski definition) is 3. The van der Waals surface area contributed by atoms with E-state index in [1.54, 1.807) is 13.2 Å². The molecule has 0 aliphatic rings. The Morgan fingerprint density at radius 1 is 0.895 bits per heavy atom. The van der Waals surface area contributed by atoms with Crippen LogP contribution < -0.4 is 20.7 Å². The van der Waals surface area contributed by atoms with Crippen molar-refractivity contribution in [3.05, 3.63) is 95.6 Å². The molecule has 0 aliphatic heterocycles. The van der Waals surface area contributed by atoms with Crippen molar-refractivity contribution in [3.63, 3.8) is 0 Å². The van der Waals surface area contributed by atoms with Crippen LogP contribution in [0, 0.1) is 12.8 Å². The summed E-state index contributed by atoms with van der Waals surface area (Å²) in [5.41, 5.74) is 3.49. The van der Waals surface area contributed by atoms with Crippen molar-refractivity contribution in [1.29, 1.82) is 0 Å². The SMILES string of the molecule is COc1ccc(NC[C@@H](COCc2ccccc2)NC(=O)C(CC(C)C)NC(=O)c2cccc(C)c2)cc1. The molecule has 2 amide bonds. The zero-order valence-corrected chi connectivity index (χ0v) is 22.7. The third-order valence-corrected chi connectivity index (χ3v) is 6.03. The Morgan fingerprint density at radius 2 is 1.63 bits per heavy atom. The molecular weight excluding hydrogens is 478 g/mol. The minimum Gasteiger partial charge on any atom is -0.497 e. The van der Waals surface area contributed by atoms with Gasteiger partial charge in [-0.2, -0.15) is 0 Å². The van der Waals surface area contributed by atoms with E-state index in [9.17, 15) is 9.59 Å². The fraction of sp³-hybridized carbons (Fsp3) is 0.355. The van der Waals surface area contributed by atoms with Gasteiger partial charge in [0.25, 0.3) is 5.91 Å². The smallest absolute Gasteiger partial charge is 0.251 e. The molecule has 3 N–H and O–H groups in total. The lowest BCUT2D eigenvalue weighted by Gasteiger charge is -2.25. The zero-order chi connectivity index (χ0) is 27.3. The van der Waals surface area contributed by atoms with Gasteiger partial charge in [0.1, 0.15) is 11.8 Å². The lowest BCUT2D eigenvalue weighted by Crippen LogP contribution is -2.52. The van der Waals surface area contributed by atoms with Crippen LogP contribution in [0.25, 0.3) is 0 Å². The van der Waals surface area contributed by atoms with E-state index in [1.165, 1.54) is 0 Å². The van der Waals surface area contributed by atoms with Crippen LogP contribution in [0.4, 0.5) is 5.69 Å². The molecule has 0 spiro atoms. The number of ether oxygens (including phenoxy) is 2. The monoisotopic (exact) mass is 517 g/mol. The highest BCUT2D eigenvalue weighted by atomic mass is 16.5. The molecule has 0 bridgehead atoms. The summed E-state index contributed by atoms with van der Waals surface area (Å²) in [4.78, 5) is 26.4. The molecule has 0 radical (unpaired) electrons. The van der Waals surface area contributed by atoms with Crippen LogP contribution in [-0.2, 0) is 16.1 Å². The summed E-state index contributed by atoms with van der Waals surface area (Å²) in [5, 5.41) is 9.41. The normalized spacial score (nSPS) is 12.4. The third-order valence-electron chi connectivity index (χ3n) is 6.03. The van der Waals surface area contributed by atoms with Crippen molar-refractivity contribution in [3.8, 4) is 5.75 Å². The van der Waals surface area contributed by atoms with Crippen molar-refractivity contribution in [1.82, 2.24) is 10.6 Å². The maximum Gasteiger partial charge on any atom is 0.251 e. The first-order chi connectivity index (χ1) is 18.3. The molecule has 1 unspecified atom stereocenters. The Balaban J connectivity index is 1.67. The highest BCUT2D eigenvalue weighted by Crippen LogP contribution is 2.15. The van der Waals surface area contributed by atoms with Gasteiger partial charge in [-0.3, -0.25) is 9.59 Å². The fourth-order valence-electron chi connectivity index (χ4n) is 4.03. The number of amides is 2. The summed E-state index contributed by atoms with van der Waals surface area (Å²) >= 11 is 0. The Kier molecular flexibility index (Phi) is 11.2. The van der Waals surface area contributed by atoms with Crippen LogP contribution in [0.3, 0.4) is 0 Å². The minimum absolute atomic E-state index is 0.216. The van der Waals surface area contributed by atoms with Gasteiger partial charge in [0.05, 0.1) is 26.4 Å². The molecule has 0 fully saturated rings. The van der Waals surface area contributed by atoms with E-state index in [0.717, 1.165) is 22.6 Å². The van der Waals surface area contributed by atoms with Crippen molar-refractivity contribution in [2.75, 3.05) is 25.6 Å². The van der Waals surface area contributed by atoms with Crippen LogP contribution >= 0.6 is 0 Å². The second kappa shape index (κ2) is 14.8. The van der Waals surface area contributed by atoms with Gasteiger partial charge in [-0.05, 0) is 61.2 Å². The molecule has 3 aromatic carbocycles. The largest absolute Gasteiger partial charge is 0.497 e. The molecule has 0 aromatic heterocycles. The van der Waals surface area contributed by atoms with E-state index in [0.29, 0.717) is 31.7 Å². The highest BCUT2D eigenvalue weighted by Gasteiger charge is 2.25. The predicted molar refractivity (Wildman–Crippen MR) is 151 cm³/mol. The van der Waals surface area contributed by atoms with Gasteiger partial charge in [-0.1, -0.05) is 61.9 Å². The lowest BCUT2D eigenvalue weighted by molar-refractivity contribution is -0.124. The molecule has 7 nitrogen and oxygen atoms in total. The van der Waals surface area contributed by atoms with Gasteiger partial charge in [0, 0.05) is 17.8 Å². The van der Waals surface area contributed by atoms with Crippen molar-refractivity contribution < 1.29 is 19.1 Å². The number of methoxy groups -OCH3 is 1. The molecule has 38 heavy (non-hydrogen) atoms. The van der Waals surface area contributed by atoms with Gasteiger partial charge in [0.15, 0.2) is 0 Å². The van der Waals surface area contributed by atoms with Gasteiger partial charge in [-0.15, -0.1) is 0 Å². The van der Waals surface area contributed by atoms with Crippen LogP contribution in [0.2, 0.25) is 0 Å².